The normalized spacial score (nSPS) is 16.7. The molecule has 2 heterocycles. The van der Waals surface area contributed by atoms with Crippen LogP contribution in [0.2, 0.25) is 0 Å². The van der Waals surface area contributed by atoms with Gasteiger partial charge in [-0.25, -0.2) is 19.2 Å². The van der Waals surface area contributed by atoms with E-state index in [-0.39, 0.29) is 36.2 Å². The van der Waals surface area contributed by atoms with Gasteiger partial charge >= 0.3 is 23.9 Å². The van der Waals surface area contributed by atoms with Gasteiger partial charge in [0, 0.05) is 0 Å². The van der Waals surface area contributed by atoms with Gasteiger partial charge in [0.2, 0.25) is 13.6 Å². The minimum absolute atomic E-state index is 0.245. The zero-order valence-corrected chi connectivity index (χ0v) is 20.8. The van der Waals surface area contributed by atoms with E-state index in [0.717, 1.165) is 0 Å². The van der Waals surface area contributed by atoms with Gasteiger partial charge in [0.25, 0.3) is 0 Å². The molecular formula is C28H22O12. The van der Waals surface area contributed by atoms with Crippen molar-refractivity contribution in [1.82, 2.24) is 0 Å². The molecule has 0 N–H and O–H groups in total. The van der Waals surface area contributed by atoms with Crippen molar-refractivity contribution in [3.8, 4) is 23.0 Å². The highest BCUT2D eigenvalue weighted by Crippen LogP contribution is 2.22. The van der Waals surface area contributed by atoms with E-state index in [1.165, 1.54) is 48.5 Å². The van der Waals surface area contributed by atoms with Crippen molar-refractivity contribution in [1.29, 1.82) is 0 Å². The molecule has 206 valence electrons. The van der Waals surface area contributed by atoms with E-state index in [4.69, 9.17) is 37.9 Å². The molecule has 0 aromatic heterocycles. The van der Waals surface area contributed by atoms with Crippen molar-refractivity contribution in [2.45, 2.75) is 12.2 Å². The quantitative estimate of drug-likeness (QED) is 0.141. The van der Waals surface area contributed by atoms with Gasteiger partial charge in [0.05, 0.1) is 24.3 Å². The van der Waals surface area contributed by atoms with Crippen molar-refractivity contribution in [3.63, 3.8) is 0 Å². The van der Waals surface area contributed by atoms with Crippen molar-refractivity contribution >= 4 is 23.9 Å². The molecule has 2 aliphatic heterocycles. The van der Waals surface area contributed by atoms with E-state index in [1.54, 1.807) is 24.3 Å². The first-order valence-corrected chi connectivity index (χ1v) is 12.0. The highest BCUT2D eigenvalue weighted by atomic mass is 16.7. The van der Waals surface area contributed by atoms with Gasteiger partial charge in [-0.2, -0.15) is 0 Å². The Morgan fingerprint density at radius 1 is 0.550 bits per heavy atom. The molecular weight excluding hydrogens is 528 g/mol. The van der Waals surface area contributed by atoms with Crippen molar-refractivity contribution in [2.75, 3.05) is 26.8 Å². The van der Waals surface area contributed by atoms with Gasteiger partial charge in [0.1, 0.15) is 23.0 Å². The molecule has 40 heavy (non-hydrogen) atoms. The number of hydrogen-bond donors (Lipinski definition) is 0. The van der Waals surface area contributed by atoms with Crippen LogP contribution in [0.1, 0.15) is 20.7 Å². The predicted molar refractivity (Wildman–Crippen MR) is 132 cm³/mol. The van der Waals surface area contributed by atoms with Crippen LogP contribution < -0.4 is 18.9 Å². The van der Waals surface area contributed by atoms with Gasteiger partial charge in [-0.15, -0.1) is 0 Å². The lowest BCUT2D eigenvalue weighted by atomic mass is 10.2. The van der Waals surface area contributed by atoms with E-state index in [9.17, 15) is 19.2 Å². The summed E-state index contributed by atoms with van der Waals surface area (Å²) in [6.45, 7) is 0.173. The molecule has 0 aliphatic carbocycles. The van der Waals surface area contributed by atoms with Gasteiger partial charge in [-0.3, -0.25) is 0 Å². The van der Waals surface area contributed by atoms with Gasteiger partial charge < -0.3 is 37.9 Å². The molecule has 0 radical (unpaired) electrons. The third-order valence-corrected chi connectivity index (χ3v) is 5.47. The number of carbonyl (C=O) groups excluding carboxylic acids is 4. The van der Waals surface area contributed by atoms with Crippen LogP contribution >= 0.6 is 0 Å². The van der Waals surface area contributed by atoms with Gasteiger partial charge in [0.15, 0.2) is 12.2 Å². The third-order valence-electron chi connectivity index (χ3n) is 5.47. The maximum atomic E-state index is 12.4. The summed E-state index contributed by atoms with van der Waals surface area (Å²) in [7, 11) is 0. The lowest BCUT2D eigenvalue weighted by molar-refractivity contribution is -0.152. The number of epoxide rings is 2. The summed E-state index contributed by atoms with van der Waals surface area (Å²) >= 11 is 0. The maximum Gasteiger partial charge on any atom is 0.343 e. The van der Waals surface area contributed by atoms with Gasteiger partial charge in [-0.05, 0) is 72.8 Å². The molecule has 12 heteroatoms. The van der Waals surface area contributed by atoms with Crippen LogP contribution in [0, 0.1) is 0 Å². The Bertz CT molecular complexity index is 1250. The first-order chi connectivity index (χ1) is 19.4. The summed E-state index contributed by atoms with van der Waals surface area (Å²) in [5.74, 6) is -0.883. The molecule has 0 saturated carbocycles. The second-order valence-corrected chi connectivity index (χ2v) is 8.39. The zero-order chi connectivity index (χ0) is 27.9. The summed E-state index contributed by atoms with van der Waals surface area (Å²) in [4.78, 5) is 47.7. The largest absolute Gasteiger partial charge is 0.457 e. The lowest BCUT2D eigenvalue weighted by Gasteiger charge is -2.09. The third kappa shape index (κ3) is 7.56. The van der Waals surface area contributed by atoms with E-state index in [0.29, 0.717) is 24.7 Å². The standard InChI is InChI=1S/C28H22O12/c29-25(17-1-5-19(6-2-17)35-15-37-27(31)23-13-33-23)39-21-9-11-22(12-10-21)40-26(30)18-3-7-20(8-4-18)36-16-38-28(32)24-14-34-24/h1-12,23-24H,13-16H2. The molecule has 5 rings (SSSR count). The molecule has 0 bridgehead atoms. The van der Waals surface area contributed by atoms with Crippen molar-refractivity contribution < 1.29 is 57.1 Å². The highest BCUT2D eigenvalue weighted by molar-refractivity contribution is 5.92. The zero-order valence-electron chi connectivity index (χ0n) is 20.8. The van der Waals surface area contributed by atoms with Crippen LogP contribution in [-0.2, 0) is 28.5 Å². The van der Waals surface area contributed by atoms with Crippen LogP contribution in [0.4, 0.5) is 0 Å². The maximum absolute atomic E-state index is 12.4. The number of ether oxygens (including phenoxy) is 8. The average molecular weight is 550 g/mol. The molecule has 2 unspecified atom stereocenters. The summed E-state index contributed by atoms with van der Waals surface area (Å²) in [5, 5.41) is 0. The smallest absolute Gasteiger partial charge is 0.343 e. The molecule has 3 aromatic rings. The Kier molecular flexibility index (Phi) is 8.18. The van der Waals surface area contributed by atoms with Gasteiger partial charge in [-0.1, -0.05) is 0 Å². The van der Waals surface area contributed by atoms with E-state index in [2.05, 4.69) is 0 Å². The fourth-order valence-electron chi connectivity index (χ4n) is 3.15. The first kappa shape index (κ1) is 26.7. The molecule has 12 nitrogen and oxygen atoms in total. The Morgan fingerprint density at radius 3 is 1.20 bits per heavy atom. The SMILES string of the molecule is O=C(Oc1ccc(OC(=O)c2ccc(OCOC(=O)C3CO3)cc2)cc1)c1ccc(OCOC(=O)C2CO2)cc1. The molecule has 0 amide bonds. The second-order valence-electron chi connectivity index (χ2n) is 8.39. The molecule has 2 aliphatic rings. The molecule has 0 spiro atoms. The monoisotopic (exact) mass is 550 g/mol. The van der Waals surface area contributed by atoms with Crippen LogP contribution in [0.3, 0.4) is 0 Å². The number of benzene rings is 3. The van der Waals surface area contributed by atoms with E-state index < -0.39 is 36.1 Å². The van der Waals surface area contributed by atoms with Crippen LogP contribution in [0.25, 0.3) is 0 Å². The van der Waals surface area contributed by atoms with E-state index in [1.807, 2.05) is 0 Å². The van der Waals surface area contributed by atoms with Crippen LogP contribution in [-0.4, -0.2) is 62.9 Å². The predicted octanol–water partition coefficient (Wildman–Crippen LogP) is 2.68. The fraction of sp³-hybridized carbons (Fsp3) is 0.214. The molecule has 2 atom stereocenters. The van der Waals surface area contributed by atoms with E-state index >= 15 is 0 Å². The van der Waals surface area contributed by atoms with Crippen LogP contribution in [0.15, 0.2) is 72.8 Å². The second kappa shape index (κ2) is 12.3. The average Bonchev–Trinajstić information content (AvgIpc) is 3.88. The molecule has 3 aromatic carbocycles. The highest BCUT2D eigenvalue weighted by Gasteiger charge is 2.33. The summed E-state index contributed by atoms with van der Waals surface area (Å²) < 4.78 is 40.7. The topological polar surface area (TPSA) is 149 Å². The molecule has 2 fully saturated rings. The van der Waals surface area contributed by atoms with Crippen molar-refractivity contribution in [2.24, 2.45) is 0 Å². The Balaban J connectivity index is 1.05. The first-order valence-electron chi connectivity index (χ1n) is 12.0. The number of rotatable bonds is 12. The molecule has 2 saturated heterocycles. The fourth-order valence-corrected chi connectivity index (χ4v) is 3.15. The Hall–Kier alpha value is -4.94. The lowest BCUT2D eigenvalue weighted by Crippen LogP contribution is -2.15. The van der Waals surface area contributed by atoms with Crippen LogP contribution in [0.5, 0.6) is 23.0 Å². The Morgan fingerprint density at radius 2 is 0.875 bits per heavy atom. The number of hydrogen-bond acceptors (Lipinski definition) is 12. The summed E-state index contributed by atoms with van der Waals surface area (Å²) in [6.07, 6.45) is -1.01. The Labute approximate surface area is 227 Å². The summed E-state index contributed by atoms with van der Waals surface area (Å²) in [6, 6.07) is 18.1. The number of carbonyl (C=O) groups is 4. The minimum Gasteiger partial charge on any atom is -0.457 e. The number of esters is 4. The minimum atomic E-state index is -0.605. The summed E-state index contributed by atoms with van der Waals surface area (Å²) in [5.41, 5.74) is 0.544. The van der Waals surface area contributed by atoms with Crippen molar-refractivity contribution in [3.05, 3.63) is 83.9 Å².